The van der Waals surface area contributed by atoms with Gasteiger partial charge in [-0.3, -0.25) is 0 Å². The molecule has 1 aliphatic rings. The van der Waals surface area contributed by atoms with Gasteiger partial charge in [0.25, 0.3) is 0 Å². The quantitative estimate of drug-likeness (QED) is 0.682. The van der Waals surface area contributed by atoms with E-state index in [0.29, 0.717) is 24.7 Å². The Balaban J connectivity index is 2.50. The lowest BCUT2D eigenvalue weighted by atomic mass is 9.72. The van der Waals surface area contributed by atoms with Crippen molar-refractivity contribution in [3.63, 3.8) is 0 Å². The number of aliphatic hydroxyl groups is 1. The first-order valence-corrected chi connectivity index (χ1v) is 5.22. The van der Waals surface area contributed by atoms with Crippen LogP contribution in [0.25, 0.3) is 0 Å². The van der Waals surface area contributed by atoms with Crippen LogP contribution in [-0.2, 0) is 4.79 Å². The van der Waals surface area contributed by atoms with E-state index in [1.807, 2.05) is 0 Å². The molecule has 1 fully saturated rings. The average molecular weight is 184 g/mol. The van der Waals surface area contributed by atoms with E-state index in [2.05, 4.69) is 13.8 Å². The van der Waals surface area contributed by atoms with E-state index >= 15 is 0 Å². The van der Waals surface area contributed by atoms with E-state index in [1.165, 1.54) is 6.42 Å². The first-order valence-electron chi connectivity index (χ1n) is 5.22. The van der Waals surface area contributed by atoms with Crippen LogP contribution in [0.1, 0.15) is 46.0 Å². The number of carbonyl (C=O) groups excluding carboxylic acids is 1. The lowest BCUT2D eigenvalue weighted by molar-refractivity contribution is -0.110. The summed E-state index contributed by atoms with van der Waals surface area (Å²) in [5.41, 5.74) is -0.558. The molecule has 0 bridgehead atoms. The molecule has 1 saturated carbocycles. The molecule has 2 heteroatoms. The fourth-order valence-corrected chi connectivity index (χ4v) is 2.77. The normalized spacial score (nSPS) is 40.2. The summed E-state index contributed by atoms with van der Waals surface area (Å²) in [6.45, 7) is 4.36. The Morgan fingerprint density at radius 1 is 1.38 bits per heavy atom. The molecule has 13 heavy (non-hydrogen) atoms. The van der Waals surface area contributed by atoms with Crippen molar-refractivity contribution >= 4 is 6.29 Å². The molecule has 0 spiro atoms. The first-order chi connectivity index (χ1) is 6.06. The van der Waals surface area contributed by atoms with Crippen molar-refractivity contribution in [3.8, 4) is 0 Å². The van der Waals surface area contributed by atoms with Crippen molar-refractivity contribution in [2.24, 2.45) is 11.8 Å². The zero-order valence-electron chi connectivity index (χ0n) is 8.62. The summed E-state index contributed by atoms with van der Waals surface area (Å²) in [5, 5.41) is 10.2. The number of carbonyl (C=O) groups is 1. The predicted molar refractivity (Wildman–Crippen MR) is 52.4 cm³/mol. The number of aldehydes is 1. The van der Waals surface area contributed by atoms with Crippen molar-refractivity contribution in [3.05, 3.63) is 0 Å². The maximum atomic E-state index is 10.2. The van der Waals surface area contributed by atoms with E-state index in [0.717, 1.165) is 19.1 Å². The van der Waals surface area contributed by atoms with Gasteiger partial charge in [-0.2, -0.15) is 0 Å². The Labute approximate surface area is 80.3 Å². The van der Waals surface area contributed by atoms with Crippen LogP contribution in [0, 0.1) is 11.8 Å². The van der Waals surface area contributed by atoms with Crippen molar-refractivity contribution in [2.75, 3.05) is 0 Å². The summed E-state index contributed by atoms with van der Waals surface area (Å²) in [7, 11) is 0. The molecule has 0 saturated heterocycles. The predicted octanol–water partition coefficient (Wildman–Crippen LogP) is 2.15. The molecule has 1 rings (SSSR count). The largest absolute Gasteiger partial charge is 0.390 e. The van der Waals surface area contributed by atoms with Gasteiger partial charge in [-0.25, -0.2) is 0 Å². The third-order valence-electron chi connectivity index (χ3n) is 2.99. The van der Waals surface area contributed by atoms with Crippen molar-refractivity contribution in [1.29, 1.82) is 0 Å². The molecule has 2 nitrogen and oxygen atoms in total. The zero-order chi connectivity index (χ0) is 9.90. The lowest BCUT2D eigenvalue weighted by Gasteiger charge is -2.38. The second-order valence-corrected chi connectivity index (χ2v) is 4.78. The Bertz CT molecular complexity index is 167. The Morgan fingerprint density at radius 2 is 1.92 bits per heavy atom. The highest BCUT2D eigenvalue weighted by atomic mass is 16.3. The molecule has 76 valence electrons. The molecular formula is C11H20O2. The highest BCUT2D eigenvalue weighted by Gasteiger charge is 2.35. The van der Waals surface area contributed by atoms with Gasteiger partial charge < -0.3 is 9.90 Å². The van der Waals surface area contributed by atoms with Crippen LogP contribution in [0.5, 0.6) is 0 Å². The van der Waals surface area contributed by atoms with Gasteiger partial charge in [0.2, 0.25) is 0 Å². The van der Waals surface area contributed by atoms with Crippen LogP contribution in [0.4, 0.5) is 0 Å². The van der Waals surface area contributed by atoms with Crippen molar-refractivity contribution in [2.45, 2.75) is 51.6 Å². The van der Waals surface area contributed by atoms with E-state index in [-0.39, 0.29) is 0 Å². The van der Waals surface area contributed by atoms with E-state index in [4.69, 9.17) is 0 Å². The van der Waals surface area contributed by atoms with Gasteiger partial charge in [-0.15, -0.1) is 0 Å². The molecule has 1 N–H and O–H groups in total. The highest BCUT2D eigenvalue weighted by molar-refractivity contribution is 5.49. The monoisotopic (exact) mass is 184 g/mol. The van der Waals surface area contributed by atoms with Crippen molar-refractivity contribution in [1.82, 2.24) is 0 Å². The van der Waals surface area contributed by atoms with Crippen LogP contribution in [0.15, 0.2) is 0 Å². The summed E-state index contributed by atoms with van der Waals surface area (Å²) < 4.78 is 0. The second-order valence-electron chi connectivity index (χ2n) is 4.78. The minimum absolute atomic E-state index is 0.496. The molecule has 0 heterocycles. The summed E-state index contributed by atoms with van der Waals surface area (Å²) in [5.74, 6) is 1.20. The van der Waals surface area contributed by atoms with Crippen molar-refractivity contribution < 1.29 is 9.90 Å². The number of hydrogen-bond acceptors (Lipinski definition) is 2. The summed E-state index contributed by atoms with van der Waals surface area (Å²) in [4.78, 5) is 10.2. The van der Waals surface area contributed by atoms with Crippen LogP contribution in [0.3, 0.4) is 0 Å². The lowest BCUT2D eigenvalue weighted by Crippen LogP contribution is -2.37. The van der Waals surface area contributed by atoms with Gasteiger partial charge in [0.15, 0.2) is 0 Å². The zero-order valence-corrected chi connectivity index (χ0v) is 8.62. The Kier molecular flexibility index (Phi) is 3.48. The molecule has 0 aliphatic heterocycles. The van der Waals surface area contributed by atoms with Gasteiger partial charge in [0.05, 0.1) is 5.60 Å². The summed E-state index contributed by atoms with van der Waals surface area (Å²) in [6.07, 6.45) is 4.99. The standard InChI is InChI=1S/C11H20O2/c1-9-6-10(2)8-11(13,7-9)4-3-5-12/h5,9-10,13H,3-4,6-8H2,1-2H3. The second kappa shape index (κ2) is 4.23. The van der Waals surface area contributed by atoms with Gasteiger partial charge in [-0.05, 0) is 37.5 Å². The number of rotatable bonds is 3. The first kappa shape index (κ1) is 10.7. The van der Waals surface area contributed by atoms with Crippen LogP contribution in [-0.4, -0.2) is 17.0 Å². The SMILES string of the molecule is CC1CC(C)CC(O)(CCC=O)C1. The molecular weight excluding hydrogens is 164 g/mol. The Morgan fingerprint density at radius 3 is 2.38 bits per heavy atom. The van der Waals surface area contributed by atoms with Gasteiger partial charge in [0, 0.05) is 6.42 Å². The molecule has 0 aromatic carbocycles. The molecule has 2 unspecified atom stereocenters. The van der Waals surface area contributed by atoms with E-state index < -0.39 is 5.60 Å². The van der Waals surface area contributed by atoms with Crippen LogP contribution >= 0.6 is 0 Å². The topological polar surface area (TPSA) is 37.3 Å². The third-order valence-corrected chi connectivity index (χ3v) is 2.99. The average Bonchev–Trinajstić information content (AvgIpc) is 1.98. The van der Waals surface area contributed by atoms with Crippen LogP contribution < -0.4 is 0 Å². The fraction of sp³-hybridized carbons (Fsp3) is 0.909. The van der Waals surface area contributed by atoms with E-state index in [9.17, 15) is 9.90 Å². The van der Waals surface area contributed by atoms with E-state index in [1.54, 1.807) is 0 Å². The maximum Gasteiger partial charge on any atom is 0.120 e. The molecule has 2 atom stereocenters. The smallest absolute Gasteiger partial charge is 0.120 e. The Hall–Kier alpha value is -0.370. The molecule has 0 radical (unpaired) electrons. The molecule has 0 aromatic rings. The minimum atomic E-state index is -0.558. The summed E-state index contributed by atoms with van der Waals surface area (Å²) in [6, 6.07) is 0. The third kappa shape index (κ3) is 3.11. The maximum absolute atomic E-state index is 10.2. The molecule has 1 aliphatic carbocycles. The minimum Gasteiger partial charge on any atom is -0.390 e. The van der Waals surface area contributed by atoms with Gasteiger partial charge in [-0.1, -0.05) is 13.8 Å². The number of hydrogen-bond donors (Lipinski definition) is 1. The van der Waals surface area contributed by atoms with Gasteiger partial charge >= 0.3 is 0 Å². The highest BCUT2D eigenvalue weighted by Crippen LogP contribution is 2.38. The molecule has 0 aromatic heterocycles. The molecule has 0 amide bonds. The van der Waals surface area contributed by atoms with Gasteiger partial charge in [0.1, 0.15) is 6.29 Å². The van der Waals surface area contributed by atoms with Crippen LogP contribution in [0.2, 0.25) is 0 Å². The fourth-order valence-electron chi connectivity index (χ4n) is 2.77. The summed E-state index contributed by atoms with van der Waals surface area (Å²) >= 11 is 0.